The van der Waals surface area contributed by atoms with Gasteiger partial charge in [-0.1, -0.05) is 30.3 Å². The number of benzene rings is 2. The van der Waals surface area contributed by atoms with Gasteiger partial charge in [0, 0.05) is 17.1 Å². The van der Waals surface area contributed by atoms with Crippen LogP contribution in [0, 0.1) is 0 Å². The molecule has 0 spiro atoms. The van der Waals surface area contributed by atoms with Crippen LogP contribution in [0.15, 0.2) is 60.8 Å². The topological polar surface area (TPSA) is 22.1 Å². The van der Waals surface area contributed by atoms with E-state index in [1.165, 1.54) is 0 Å². The highest BCUT2D eigenvalue weighted by Crippen LogP contribution is 2.24. The minimum absolute atomic E-state index is 0.691. The minimum atomic E-state index is 0.691. The molecule has 0 aliphatic heterocycles. The lowest BCUT2D eigenvalue weighted by atomic mass is 10.1. The van der Waals surface area contributed by atoms with Crippen LogP contribution in [0.25, 0.3) is 22.0 Å². The molecule has 0 N–H and O–H groups in total. The molecule has 3 aromatic rings. The molecular weight excluding hydrogens is 234 g/mol. The zero-order chi connectivity index (χ0) is 13.1. The number of hydrogen-bond donors (Lipinski definition) is 0. The van der Waals surface area contributed by atoms with Crippen molar-refractivity contribution in [1.29, 1.82) is 0 Å². The van der Waals surface area contributed by atoms with Gasteiger partial charge in [0.15, 0.2) is 0 Å². The molecule has 0 aliphatic rings. The van der Waals surface area contributed by atoms with Crippen molar-refractivity contribution in [3.05, 3.63) is 60.8 Å². The number of para-hydroxylation sites is 1. The van der Waals surface area contributed by atoms with Crippen molar-refractivity contribution in [3.8, 4) is 16.9 Å². The first kappa shape index (κ1) is 11.7. The fourth-order valence-electron chi connectivity index (χ4n) is 2.14. The second-order valence-electron chi connectivity index (χ2n) is 4.37. The summed E-state index contributed by atoms with van der Waals surface area (Å²) in [5.41, 5.74) is 3.31. The van der Waals surface area contributed by atoms with Crippen LogP contribution in [0.3, 0.4) is 0 Å². The Morgan fingerprint density at radius 1 is 0.947 bits per heavy atom. The SMILES string of the molecule is CCOc1ccc(-c2cnc3ccccc3c2)cc1. The zero-order valence-electron chi connectivity index (χ0n) is 10.8. The lowest BCUT2D eigenvalue weighted by molar-refractivity contribution is 0.340. The normalized spacial score (nSPS) is 10.6. The van der Waals surface area contributed by atoms with E-state index in [4.69, 9.17) is 4.74 Å². The molecule has 3 rings (SSSR count). The third-order valence-electron chi connectivity index (χ3n) is 3.09. The van der Waals surface area contributed by atoms with Gasteiger partial charge in [0.1, 0.15) is 5.75 Å². The van der Waals surface area contributed by atoms with Gasteiger partial charge in [0.25, 0.3) is 0 Å². The Morgan fingerprint density at radius 2 is 1.74 bits per heavy atom. The summed E-state index contributed by atoms with van der Waals surface area (Å²) in [7, 11) is 0. The summed E-state index contributed by atoms with van der Waals surface area (Å²) in [6.07, 6.45) is 1.91. The maximum Gasteiger partial charge on any atom is 0.119 e. The molecule has 0 saturated heterocycles. The summed E-state index contributed by atoms with van der Waals surface area (Å²) in [6.45, 7) is 2.68. The van der Waals surface area contributed by atoms with Crippen LogP contribution >= 0.6 is 0 Å². The van der Waals surface area contributed by atoms with Crippen LogP contribution in [-0.4, -0.2) is 11.6 Å². The molecular formula is C17H15NO. The molecule has 1 heterocycles. The standard InChI is InChI=1S/C17H15NO/c1-2-19-16-9-7-13(8-10-16)15-11-14-5-3-4-6-17(14)18-12-15/h3-12H,2H2,1H3. The number of rotatable bonds is 3. The van der Waals surface area contributed by atoms with Crippen molar-refractivity contribution in [2.45, 2.75) is 6.92 Å². The van der Waals surface area contributed by atoms with E-state index in [-0.39, 0.29) is 0 Å². The quantitative estimate of drug-likeness (QED) is 0.690. The highest BCUT2D eigenvalue weighted by Gasteiger charge is 2.01. The second kappa shape index (κ2) is 5.11. The van der Waals surface area contributed by atoms with Crippen molar-refractivity contribution >= 4 is 10.9 Å². The maximum atomic E-state index is 5.45. The third kappa shape index (κ3) is 2.43. The number of nitrogens with zero attached hydrogens (tertiary/aromatic N) is 1. The summed E-state index contributed by atoms with van der Waals surface area (Å²) < 4.78 is 5.45. The first-order valence-electron chi connectivity index (χ1n) is 6.45. The second-order valence-corrected chi connectivity index (χ2v) is 4.37. The number of fused-ring (bicyclic) bond motifs is 1. The largest absolute Gasteiger partial charge is 0.494 e. The van der Waals surface area contributed by atoms with Crippen LogP contribution in [0.2, 0.25) is 0 Å². The lowest BCUT2D eigenvalue weighted by Gasteiger charge is -2.06. The van der Waals surface area contributed by atoms with Crippen LogP contribution in [0.1, 0.15) is 6.92 Å². The van der Waals surface area contributed by atoms with Crippen molar-refractivity contribution in [2.24, 2.45) is 0 Å². The van der Waals surface area contributed by atoms with Gasteiger partial charge in [-0.15, -0.1) is 0 Å². The van der Waals surface area contributed by atoms with Gasteiger partial charge in [0.05, 0.1) is 12.1 Å². The van der Waals surface area contributed by atoms with E-state index in [0.717, 1.165) is 27.8 Å². The molecule has 0 bridgehead atoms. The van der Waals surface area contributed by atoms with Crippen LogP contribution in [0.5, 0.6) is 5.75 Å². The number of ether oxygens (including phenoxy) is 1. The molecule has 19 heavy (non-hydrogen) atoms. The van der Waals surface area contributed by atoms with E-state index >= 15 is 0 Å². The van der Waals surface area contributed by atoms with E-state index < -0.39 is 0 Å². The van der Waals surface area contributed by atoms with Crippen LogP contribution in [-0.2, 0) is 0 Å². The average Bonchev–Trinajstić information content (AvgIpc) is 2.48. The highest BCUT2D eigenvalue weighted by atomic mass is 16.5. The molecule has 2 nitrogen and oxygen atoms in total. The summed E-state index contributed by atoms with van der Waals surface area (Å²) in [4.78, 5) is 4.49. The van der Waals surface area contributed by atoms with Gasteiger partial charge in [0.2, 0.25) is 0 Å². The number of hydrogen-bond acceptors (Lipinski definition) is 2. The van der Waals surface area contributed by atoms with E-state index in [1.54, 1.807) is 0 Å². The molecule has 0 atom stereocenters. The fraction of sp³-hybridized carbons (Fsp3) is 0.118. The Hall–Kier alpha value is -2.35. The number of aromatic nitrogens is 1. The molecule has 0 amide bonds. The van der Waals surface area contributed by atoms with Crippen molar-refractivity contribution in [3.63, 3.8) is 0 Å². The summed E-state index contributed by atoms with van der Waals surface area (Å²) in [5, 5.41) is 1.16. The first-order valence-corrected chi connectivity index (χ1v) is 6.45. The fourth-order valence-corrected chi connectivity index (χ4v) is 2.14. The van der Waals surface area contributed by atoms with Gasteiger partial charge in [-0.05, 0) is 36.8 Å². The van der Waals surface area contributed by atoms with Gasteiger partial charge in [-0.3, -0.25) is 4.98 Å². The molecule has 0 radical (unpaired) electrons. The van der Waals surface area contributed by atoms with Crippen LogP contribution in [0.4, 0.5) is 0 Å². The maximum absolute atomic E-state index is 5.45. The summed E-state index contributed by atoms with van der Waals surface area (Å²) >= 11 is 0. The molecule has 0 aliphatic carbocycles. The minimum Gasteiger partial charge on any atom is -0.494 e. The summed E-state index contributed by atoms with van der Waals surface area (Å²) in [6, 6.07) is 18.4. The van der Waals surface area contributed by atoms with Crippen LogP contribution < -0.4 is 4.74 Å². The molecule has 0 saturated carbocycles. The molecule has 94 valence electrons. The molecule has 1 aromatic heterocycles. The van der Waals surface area contributed by atoms with Gasteiger partial charge >= 0.3 is 0 Å². The predicted octanol–water partition coefficient (Wildman–Crippen LogP) is 4.30. The molecule has 2 heteroatoms. The van der Waals surface area contributed by atoms with E-state index in [1.807, 2.05) is 43.5 Å². The Bertz CT molecular complexity index is 689. The smallest absolute Gasteiger partial charge is 0.119 e. The Labute approximate surface area is 112 Å². The number of pyridine rings is 1. The monoisotopic (exact) mass is 249 g/mol. The predicted molar refractivity (Wildman–Crippen MR) is 78.3 cm³/mol. The zero-order valence-corrected chi connectivity index (χ0v) is 10.8. The first-order chi connectivity index (χ1) is 9.36. The Balaban J connectivity index is 1.99. The average molecular weight is 249 g/mol. The molecule has 0 unspecified atom stereocenters. The van der Waals surface area contributed by atoms with Crippen molar-refractivity contribution in [2.75, 3.05) is 6.61 Å². The van der Waals surface area contributed by atoms with Gasteiger partial charge in [-0.2, -0.15) is 0 Å². The van der Waals surface area contributed by atoms with E-state index in [0.29, 0.717) is 6.61 Å². The van der Waals surface area contributed by atoms with Gasteiger partial charge < -0.3 is 4.74 Å². The highest BCUT2D eigenvalue weighted by molar-refractivity contribution is 5.83. The Morgan fingerprint density at radius 3 is 2.53 bits per heavy atom. The lowest BCUT2D eigenvalue weighted by Crippen LogP contribution is -1.90. The van der Waals surface area contributed by atoms with E-state index in [2.05, 4.69) is 29.2 Å². The summed E-state index contributed by atoms with van der Waals surface area (Å²) in [5.74, 6) is 0.903. The van der Waals surface area contributed by atoms with E-state index in [9.17, 15) is 0 Å². The van der Waals surface area contributed by atoms with Crippen molar-refractivity contribution in [1.82, 2.24) is 4.98 Å². The molecule has 2 aromatic carbocycles. The third-order valence-corrected chi connectivity index (χ3v) is 3.09. The van der Waals surface area contributed by atoms with Gasteiger partial charge in [-0.25, -0.2) is 0 Å². The molecule has 0 fully saturated rings. The van der Waals surface area contributed by atoms with Crippen molar-refractivity contribution < 1.29 is 4.74 Å². The Kier molecular flexibility index (Phi) is 3.15.